The van der Waals surface area contributed by atoms with Crippen LogP contribution in [0.4, 0.5) is 17.6 Å². The zero-order chi connectivity index (χ0) is 16.9. The molecule has 3 rings (SSSR count). The number of anilines is 3. The average molecular weight is 333 g/mol. The minimum absolute atomic E-state index is 0.866. The van der Waals surface area contributed by atoms with Crippen molar-refractivity contribution in [3.8, 4) is 0 Å². The fourth-order valence-electron chi connectivity index (χ4n) is 3.31. The number of nitrogens with zero attached hydrogens (tertiary/aromatic N) is 6. The van der Waals surface area contributed by atoms with Gasteiger partial charge in [-0.05, 0) is 20.9 Å². The maximum atomic E-state index is 4.90. The molecule has 24 heavy (non-hydrogen) atoms. The summed E-state index contributed by atoms with van der Waals surface area (Å²) >= 11 is 0. The summed E-state index contributed by atoms with van der Waals surface area (Å²) in [5.41, 5.74) is 0. The van der Waals surface area contributed by atoms with Crippen LogP contribution in [0.3, 0.4) is 0 Å². The molecule has 0 radical (unpaired) electrons. The molecule has 2 aliphatic rings. The van der Waals surface area contributed by atoms with Crippen LogP contribution in [0.1, 0.15) is 13.8 Å². The van der Waals surface area contributed by atoms with E-state index in [1.54, 1.807) is 0 Å². The number of likely N-dealkylation sites (N-methyl/N-ethyl adjacent to an activating group) is 1. The summed E-state index contributed by atoms with van der Waals surface area (Å²) in [4.78, 5) is 19.2. The molecule has 0 aliphatic carbocycles. The van der Waals surface area contributed by atoms with E-state index in [-0.39, 0.29) is 0 Å². The zero-order valence-corrected chi connectivity index (χ0v) is 15.3. The standard InChI is InChI=1S/C17H31N7/c1-4-22(5-2)17-19-15(23-8-6-18-7-9-23)14-16(20-17)24-12-10-21(3)11-13-24/h14,18H,4-13H2,1-3H3. The lowest BCUT2D eigenvalue weighted by atomic mass is 10.3. The molecule has 2 fully saturated rings. The van der Waals surface area contributed by atoms with Gasteiger partial charge in [-0.2, -0.15) is 9.97 Å². The third kappa shape index (κ3) is 3.89. The van der Waals surface area contributed by atoms with Gasteiger partial charge in [-0.1, -0.05) is 0 Å². The third-order valence-corrected chi connectivity index (χ3v) is 5.00. The number of nitrogens with one attached hydrogen (secondary N) is 1. The van der Waals surface area contributed by atoms with Crippen molar-refractivity contribution in [3.05, 3.63) is 6.07 Å². The molecular weight excluding hydrogens is 302 g/mol. The number of rotatable bonds is 5. The van der Waals surface area contributed by atoms with Crippen molar-refractivity contribution in [1.29, 1.82) is 0 Å². The number of aromatic nitrogens is 2. The second-order valence-corrected chi connectivity index (χ2v) is 6.58. The maximum absolute atomic E-state index is 4.90. The van der Waals surface area contributed by atoms with Gasteiger partial charge >= 0.3 is 0 Å². The van der Waals surface area contributed by atoms with E-state index < -0.39 is 0 Å². The topological polar surface area (TPSA) is 50.8 Å². The molecule has 0 amide bonds. The van der Waals surface area contributed by atoms with Gasteiger partial charge in [0.15, 0.2) is 0 Å². The van der Waals surface area contributed by atoms with Crippen molar-refractivity contribution in [2.24, 2.45) is 0 Å². The first-order valence-electron chi connectivity index (χ1n) is 9.24. The van der Waals surface area contributed by atoms with Gasteiger partial charge in [0, 0.05) is 71.5 Å². The van der Waals surface area contributed by atoms with Crippen LogP contribution in [0.15, 0.2) is 6.07 Å². The highest BCUT2D eigenvalue weighted by Crippen LogP contribution is 2.24. The SMILES string of the molecule is CCN(CC)c1nc(N2CCNCC2)cc(N2CCN(C)CC2)n1. The highest BCUT2D eigenvalue weighted by atomic mass is 15.3. The number of hydrogen-bond donors (Lipinski definition) is 1. The minimum atomic E-state index is 0.866. The number of hydrogen-bond acceptors (Lipinski definition) is 7. The molecule has 0 saturated carbocycles. The van der Waals surface area contributed by atoms with Crippen LogP contribution in [-0.4, -0.2) is 87.4 Å². The fourth-order valence-corrected chi connectivity index (χ4v) is 3.31. The Balaban J connectivity index is 1.89. The van der Waals surface area contributed by atoms with Crippen LogP contribution in [0.5, 0.6) is 0 Å². The van der Waals surface area contributed by atoms with Crippen LogP contribution in [0.2, 0.25) is 0 Å². The van der Waals surface area contributed by atoms with Gasteiger partial charge in [-0.25, -0.2) is 0 Å². The van der Waals surface area contributed by atoms with E-state index in [0.29, 0.717) is 0 Å². The molecule has 1 N–H and O–H groups in total. The van der Waals surface area contributed by atoms with Crippen LogP contribution in [0, 0.1) is 0 Å². The van der Waals surface area contributed by atoms with Crippen molar-refractivity contribution in [2.75, 3.05) is 87.2 Å². The van der Waals surface area contributed by atoms with Crippen LogP contribution < -0.4 is 20.0 Å². The Morgan fingerprint density at radius 3 is 2.00 bits per heavy atom. The lowest BCUT2D eigenvalue weighted by molar-refractivity contribution is 0.312. The molecular formula is C17H31N7. The summed E-state index contributed by atoms with van der Waals surface area (Å²) < 4.78 is 0. The predicted molar refractivity (Wildman–Crippen MR) is 100 cm³/mol. The van der Waals surface area contributed by atoms with E-state index in [0.717, 1.165) is 83.0 Å². The van der Waals surface area contributed by atoms with Crippen molar-refractivity contribution in [2.45, 2.75) is 13.8 Å². The summed E-state index contributed by atoms with van der Waals surface area (Å²) in [5, 5.41) is 3.42. The average Bonchev–Trinajstić information content (AvgIpc) is 2.64. The molecule has 1 aromatic heterocycles. The van der Waals surface area contributed by atoms with E-state index >= 15 is 0 Å². The second kappa shape index (κ2) is 7.98. The fraction of sp³-hybridized carbons (Fsp3) is 0.765. The Labute approximate surface area is 145 Å². The highest BCUT2D eigenvalue weighted by molar-refractivity contribution is 5.56. The Bertz CT molecular complexity index is 518. The maximum Gasteiger partial charge on any atom is 0.229 e. The van der Waals surface area contributed by atoms with E-state index in [2.05, 4.69) is 51.9 Å². The quantitative estimate of drug-likeness (QED) is 0.841. The Morgan fingerprint density at radius 2 is 1.46 bits per heavy atom. The third-order valence-electron chi connectivity index (χ3n) is 5.00. The number of piperazine rings is 2. The predicted octanol–water partition coefficient (Wildman–Crippen LogP) is 0.484. The van der Waals surface area contributed by atoms with Gasteiger partial charge in [0.05, 0.1) is 0 Å². The molecule has 0 spiro atoms. The van der Waals surface area contributed by atoms with Gasteiger partial charge in [0.2, 0.25) is 5.95 Å². The van der Waals surface area contributed by atoms with Gasteiger partial charge in [-0.3, -0.25) is 0 Å². The smallest absolute Gasteiger partial charge is 0.229 e. The summed E-state index contributed by atoms with van der Waals surface area (Å²) in [6.07, 6.45) is 0. The zero-order valence-electron chi connectivity index (χ0n) is 15.3. The highest BCUT2D eigenvalue weighted by Gasteiger charge is 2.21. The van der Waals surface area contributed by atoms with Crippen LogP contribution in [-0.2, 0) is 0 Å². The molecule has 3 heterocycles. The summed E-state index contributed by atoms with van der Waals surface area (Å²) in [6.45, 7) is 14.5. The largest absolute Gasteiger partial charge is 0.354 e. The molecule has 7 heteroatoms. The van der Waals surface area contributed by atoms with E-state index in [1.807, 2.05) is 0 Å². The molecule has 0 unspecified atom stereocenters. The summed E-state index contributed by atoms with van der Waals surface area (Å²) in [5.74, 6) is 3.01. The molecule has 2 aliphatic heterocycles. The molecule has 0 aromatic carbocycles. The van der Waals surface area contributed by atoms with Gasteiger partial charge in [-0.15, -0.1) is 0 Å². The van der Waals surface area contributed by atoms with Crippen LogP contribution in [0.25, 0.3) is 0 Å². The van der Waals surface area contributed by atoms with Gasteiger partial charge < -0.3 is 24.9 Å². The molecule has 1 aromatic rings. The second-order valence-electron chi connectivity index (χ2n) is 6.58. The first-order valence-corrected chi connectivity index (χ1v) is 9.24. The Kier molecular flexibility index (Phi) is 5.73. The molecule has 7 nitrogen and oxygen atoms in total. The van der Waals surface area contributed by atoms with Crippen molar-refractivity contribution in [3.63, 3.8) is 0 Å². The first kappa shape index (κ1) is 17.2. The van der Waals surface area contributed by atoms with Gasteiger partial charge in [0.25, 0.3) is 0 Å². The Morgan fingerprint density at radius 1 is 0.917 bits per heavy atom. The van der Waals surface area contributed by atoms with Crippen molar-refractivity contribution < 1.29 is 0 Å². The van der Waals surface area contributed by atoms with Crippen molar-refractivity contribution in [1.82, 2.24) is 20.2 Å². The summed E-state index contributed by atoms with van der Waals surface area (Å²) in [6, 6.07) is 2.18. The van der Waals surface area contributed by atoms with E-state index in [9.17, 15) is 0 Å². The molecule has 2 saturated heterocycles. The van der Waals surface area contributed by atoms with Gasteiger partial charge in [0.1, 0.15) is 11.6 Å². The molecule has 134 valence electrons. The van der Waals surface area contributed by atoms with Crippen LogP contribution >= 0.6 is 0 Å². The first-order chi connectivity index (χ1) is 11.7. The minimum Gasteiger partial charge on any atom is -0.354 e. The van der Waals surface area contributed by atoms with Crippen molar-refractivity contribution >= 4 is 17.6 Å². The lowest BCUT2D eigenvalue weighted by Crippen LogP contribution is -2.46. The normalized spacial score (nSPS) is 19.6. The Hall–Kier alpha value is -1.60. The lowest BCUT2D eigenvalue weighted by Gasteiger charge is -2.35. The molecule has 0 bridgehead atoms. The summed E-state index contributed by atoms with van der Waals surface area (Å²) in [7, 11) is 2.19. The van der Waals surface area contributed by atoms with E-state index in [4.69, 9.17) is 9.97 Å². The van der Waals surface area contributed by atoms with E-state index in [1.165, 1.54) is 0 Å². The monoisotopic (exact) mass is 333 g/mol. The molecule has 0 atom stereocenters.